The minimum Gasteiger partial charge on any atom is -0.491 e. The molecule has 0 aromatic heterocycles. The number of benzene rings is 1. The van der Waals surface area contributed by atoms with Gasteiger partial charge in [0.2, 0.25) is 0 Å². The van der Waals surface area contributed by atoms with Gasteiger partial charge in [-0.25, -0.2) is 0 Å². The molecule has 1 atom stereocenters. The van der Waals surface area contributed by atoms with Crippen LogP contribution in [0.1, 0.15) is 5.56 Å². The van der Waals surface area contributed by atoms with Gasteiger partial charge < -0.3 is 14.6 Å². The van der Waals surface area contributed by atoms with Crippen LogP contribution in [0.4, 0.5) is 5.69 Å². The van der Waals surface area contributed by atoms with E-state index in [0.717, 1.165) is 0 Å². The first-order chi connectivity index (χ1) is 7.70. The summed E-state index contributed by atoms with van der Waals surface area (Å²) in [6.07, 6.45) is 0.132. The van der Waals surface area contributed by atoms with Crippen molar-refractivity contribution in [2.24, 2.45) is 0 Å². The molecular weight excluding hydrogens is 214 g/mol. The Morgan fingerprint density at radius 1 is 1.62 bits per heavy atom. The van der Waals surface area contributed by atoms with Crippen LogP contribution in [-0.2, 0) is 11.3 Å². The molecule has 0 spiro atoms. The number of hydrogen-bond donors (Lipinski definition) is 1. The van der Waals surface area contributed by atoms with Crippen molar-refractivity contribution in [3.63, 3.8) is 0 Å². The molecule has 1 N–H and O–H groups in total. The van der Waals surface area contributed by atoms with E-state index in [9.17, 15) is 10.1 Å². The van der Waals surface area contributed by atoms with E-state index in [1.807, 2.05) is 0 Å². The Labute approximate surface area is 91.6 Å². The van der Waals surface area contributed by atoms with Crippen molar-refractivity contribution in [1.29, 1.82) is 0 Å². The van der Waals surface area contributed by atoms with Crippen molar-refractivity contribution >= 4 is 5.69 Å². The van der Waals surface area contributed by atoms with E-state index in [-0.39, 0.29) is 24.0 Å². The number of epoxide rings is 1. The lowest BCUT2D eigenvalue weighted by atomic mass is 10.2. The first kappa shape index (κ1) is 10.8. The van der Waals surface area contributed by atoms with E-state index in [1.54, 1.807) is 0 Å². The number of ether oxygens (including phenoxy) is 2. The average Bonchev–Trinajstić information content (AvgIpc) is 3.09. The maximum atomic E-state index is 10.6. The number of hydrogen-bond acceptors (Lipinski definition) is 5. The fourth-order valence-corrected chi connectivity index (χ4v) is 1.31. The fraction of sp³-hybridized carbons (Fsp3) is 0.400. The van der Waals surface area contributed by atoms with Crippen LogP contribution in [0, 0.1) is 10.1 Å². The highest BCUT2D eigenvalue weighted by Gasteiger charge is 2.23. The van der Waals surface area contributed by atoms with Gasteiger partial charge in [0.15, 0.2) is 0 Å². The van der Waals surface area contributed by atoms with Crippen LogP contribution in [-0.4, -0.2) is 29.3 Å². The third kappa shape index (κ3) is 2.47. The van der Waals surface area contributed by atoms with Gasteiger partial charge in [0.25, 0.3) is 5.69 Å². The Hall–Kier alpha value is -1.66. The van der Waals surface area contributed by atoms with Gasteiger partial charge in [-0.15, -0.1) is 0 Å². The molecule has 2 rings (SSSR count). The third-order valence-electron chi connectivity index (χ3n) is 2.26. The quantitative estimate of drug-likeness (QED) is 0.456. The predicted octanol–water partition coefficient (Wildman–Crippen LogP) is 0.865. The molecule has 86 valence electrons. The summed E-state index contributed by atoms with van der Waals surface area (Å²) in [5.41, 5.74) is 0.150. The zero-order chi connectivity index (χ0) is 11.5. The van der Waals surface area contributed by atoms with E-state index in [0.29, 0.717) is 19.0 Å². The summed E-state index contributed by atoms with van der Waals surface area (Å²) in [4.78, 5) is 10.1. The van der Waals surface area contributed by atoms with Gasteiger partial charge in [-0.3, -0.25) is 10.1 Å². The number of nitro groups is 1. The molecule has 1 unspecified atom stereocenters. The molecule has 16 heavy (non-hydrogen) atoms. The minimum atomic E-state index is -0.528. The molecule has 1 aliphatic rings. The van der Waals surface area contributed by atoms with Gasteiger partial charge in [-0.2, -0.15) is 0 Å². The number of rotatable bonds is 5. The normalized spacial score (nSPS) is 18.2. The van der Waals surface area contributed by atoms with Crippen molar-refractivity contribution in [1.82, 2.24) is 0 Å². The summed E-state index contributed by atoms with van der Waals surface area (Å²) in [6, 6.07) is 4.31. The largest absolute Gasteiger partial charge is 0.491 e. The Morgan fingerprint density at radius 3 is 2.94 bits per heavy atom. The summed E-state index contributed by atoms with van der Waals surface area (Å²) < 4.78 is 10.3. The molecular formula is C10H11NO5. The molecule has 1 aromatic rings. The number of aliphatic hydroxyl groups excluding tert-OH is 1. The highest BCUT2D eigenvalue weighted by Crippen LogP contribution is 2.24. The van der Waals surface area contributed by atoms with E-state index in [4.69, 9.17) is 14.6 Å². The van der Waals surface area contributed by atoms with E-state index >= 15 is 0 Å². The molecule has 6 heteroatoms. The average molecular weight is 225 g/mol. The van der Waals surface area contributed by atoms with Crippen molar-refractivity contribution in [3.05, 3.63) is 33.9 Å². The van der Waals surface area contributed by atoms with Crippen LogP contribution in [0.15, 0.2) is 18.2 Å². The molecule has 1 aromatic carbocycles. The summed E-state index contributed by atoms with van der Waals surface area (Å²) in [5, 5.41) is 19.6. The van der Waals surface area contributed by atoms with Gasteiger partial charge in [0, 0.05) is 6.07 Å². The Bertz CT molecular complexity index is 402. The SMILES string of the molecule is O=[N+]([O-])c1ccc(OCC2CO2)cc1CO. The Kier molecular flexibility index (Phi) is 3.02. The monoisotopic (exact) mass is 225 g/mol. The predicted molar refractivity (Wildman–Crippen MR) is 54.3 cm³/mol. The van der Waals surface area contributed by atoms with Crippen LogP contribution < -0.4 is 4.74 Å². The van der Waals surface area contributed by atoms with Gasteiger partial charge in [0.05, 0.1) is 23.7 Å². The smallest absolute Gasteiger partial charge is 0.275 e. The highest BCUT2D eigenvalue weighted by atomic mass is 16.6. The van der Waals surface area contributed by atoms with Crippen molar-refractivity contribution < 1.29 is 19.5 Å². The molecule has 1 fully saturated rings. The Morgan fingerprint density at radius 2 is 2.38 bits per heavy atom. The molecule has 0 amide bonds. The molecule has 1 aliphatic heterocycles. The summed E-state index contributed by atoms with van der Waals surface area (Å²) >= 11 is 0. The first-order valence-corrected chi connectivity index (χ1v) is 4.83. The molecule has 6 nitrogen and oxygen atoms in total. The third-order valence-corrected chi connectivity index (χ3v) is 2.26. The number of nitro benzene ring substituents is 1. The zero-order valence-corrected chi connectivity index (χ0v) is 8.46. The second-order valence-corrected chi connectivity index (χ2v) is 3.47. The summed E-state index contributed by atoms with van der Waals surface area (Å²) in [6.45, 7) is 0.746. The van der Waals surface area contributed by atoms with Crippen molar-refractivity contribution in [2.45, 2.75) is 12.7 Å². The van der Waals surface area contributed by atoms with Gasteiger partial charge in [-0.05, 0) is 12.1 Å². The lowest BCUT2D eigenvalue weighted by Gasteiger charge is -2.06. The lowest BCUT2D eigenvalue weighted by molar-refractivity contribution is -0.385. The van der Waals surface area contributed by atoms with Gasteiger partial charge >= 0.3 is 0 Å². The topological polar surface area (TPSA) is 85.1 Å². The molecule has 0 aliphatic carbocycles. The summed E-state index contributed by atoms with van der Waals surface area (Å²) in [7, 11) is 0. The standard InChI is InChI=1S/C10H11NO5/c12-4-7-3-8(15-5-9-6-16-9)1-2-10(7)11(13)14/h1-3,9,12H,4-6H2. The zero-order valence-electron chi connectivity index (χ0n) is 8.46. The number of nitrogens with zero attached hydrogens (tertiary/aromatic N) is 1. The fourth-order valence-electron chi connectivity index (χ4n) is 1.31. The maximum Gasteiger partial charge on any atom is 0.275 e. The van der Waals surface area contributed by atoms with Gasteiger partial charge in [0.1, 0.15) is 18.5 Å². The van der Waals surface area contributed by atoms with Crippen molar-refractivity contribution in [3.8, 4) is 5.75 Å². The minimum absolute atomic E-state index is 0.0995. The Balaban J connectivity index is 2.11. The highest BCUT2D eigenvalue weighted by molar-refractivity contribution is 5.44. The van der Waals surface area contributed by atoms with Crippen LogP contribution >= 0.6 is 0 Å². The van der Waals surface area contributed by atoms with Crippen LogP contribution in [0.5, 0.6) is 5.75 Å². The van der Waals surface area contributed by atoms with E-state index in [2.05, 4.69) is 0 Å². The van der Waals surface area contributed by atoms with E-state index in [1.165, 1.54) is 18.2 Å². The van der Waals surface area contributed by atoms with Crippen LogP contribution in [0.3, 0.4) is 0 Å². The molecule has 0 bridgehead atoms. The molecule has 0 saturated carbocycles. The molecule has 0 radical (unpaired) electrons. The second-order valence-electron chi connectivity index (χ2n) is 3.47. The lowest BCUT2D eigenvalue weighted by Crippen LogP contribution is -2.05. The maximum absolute atomic E-state index is 10.6. The second kappa shape index (κ2) is 4.46. The molecule has 1 saturated heterocycles. The summed E-state index contributed by atoms with van der Waals surface area (Å²) in [5.74, 6) is 0.505. The van der Waals surface area contributed by atoms with Gasteiger partial charge in [-0.1, -0.05) is 0 Å². The van der Waals surface area contributed by atoms with Crippen LogP contribution in [0.2, 0.25) is 0 Å². The van der Waals surface area contributed by atoms with Crippen molar-refractivity contribution in [2.75, 3.05) is 13.2 Å². The van der Waals surface area contributed by atoms with Crippen LogP contribution in [0.25, 0.3) is 0 Å². The number of aliphatic hydroxyl groups is 1. The molecule has 1 heterocycles. The van der Waals surface area contributed by atoms with E-state index < -0.39 is 4.92 Å². The first-order valence-electron chi connectivity index (χ1n) is 4.83.